The fourth-order valence-corrected chi connectivity index (χ4v) is 3.37. The Morgan fingerprint density at radius 2 is 1.85 bits per heavy atom. The van der Waals surface area contributed by atoms with Crippen LogP contribution in [-0.2, 0) is 4.79 Å². The van der Waals surface area contributed by atoms with Crippen molar-refractivity contribution in [1.29, 1.82) is 0 Å². The Hall–Kier alpha value is -0.610. The van der Waals surface area contributed by atoms with Gasteiger partial charge in [-0.2, -0.15) is 0 Å². The van der Waals surface area contributed by atoms with Crippen LogP contribution in [0.25, 0.3) is 0 Å². The van der Waals surface area contributed by atoms with Crippen LogP contribution in [0.15, 0.2) is 0 Å². The van der Waals surface area contributed by atoms with Gasteiger partial charge in [-0.05, 0) is 44.7 Å². The second kappa shape index (κ2) is 8.63. The average Bonchev–Trinajstić information content (AvgIpc) is 2.45. The summed E-state index contributed by atoms with van der Waals surface area (Å²) >= 11 is 0. The summed E-state index contributed by atoms with van der Waals surface area (Å²) in [6, 6.07) is 0. The van der Waals surface area contributed by atoms with Crippen LogP contribution < -0.4 is 11.1 Å². The number of carbonyl (C=O) groups is 1. The summed E-state index contributed by atoms with van der Waals surface area (Å²) in [6.07, 6.45) is 6.61. The summed E-state index contributed by atoms with van der Waals surface area (Å²) in [6.45, 7) is 10.5. The van der Waals surface area contributed by atoms with E-state index in [4.69, 9.17) is 5.73 Å². The summed E-state index contributed by atoms with van der Waals surface area (Å²) in [5.74, 6) is 0.629. The Labute approximate surface area is 124 Å². The molecule has 0 radical (unpaired) electrons. The minimum atomic E-state index is -0.447. The predicted octanol–water partition coefficient (Wildman–Crippen LogP) is 2.13. The van der Waals surface area contributed by atoms with E-state index in [-0.39, 0.29) is 5.91 Å². The highest BCUT2D eigenvalue weighted by molar-refractivity contribution is 5.84. The van der Waals surface area contributed by atoms with Crippen LogP contribution in [0.5, 0.6) is 0 Å². The summed E-state index contributed by atoms with van der Waals surface area (Å²) in [4.78, 5) is 14.3. The highest BCUT2D eigenvalue weighted by Gasteiger charge is 2.39. The van der Waals surface area contributed by atoms with Crippen molar-refractivity contribution in [1.82, 2.24) is 10.2 Å². The maximum absolute atomic E-state index is 11.9. The van der Waals surface area contributed by atoms with Gasteiger partial charge in [-0.1, -0.05) is 33.6 Å². The quantitative estimate of drug-likeness (QED) is 0.681. The monoisotopic (exact) mass is 283 g/mol. The minimum Gasteiger partial charge on any atom is -0.368 e. The molecular formula is C16H33N3O. The van der Waals surface area contributed by atoms with Crippen molar-refractivity contribution in [3.05, 3.63) is 0 Å². The third-order valence-electron chi connectivity index (χ3n) is 4.91. The van der Waals surface area contributed by atoms with Crippen molar-refractivity contribution >= 4 is 5.91 Å². The van der Waals surface area contributed by atoms with E-state index in [0.717, 1.165) is 57.8 Å². The van der Waals surface area contributed by atoms with Crippen LogP contribution in [0.3, 0.4) is 0 Å². The van der Waals surface area contributed by atoms with Gasteiger partial charge in [0.2, 0.25) is 5.91 Å². The molecule has 0 bridgehead atoms. The Balaban J connectivity index is 2.46. The van der Waals surface area contributed by atoms with E-state index < -0.39 is 5.54 Å². The molecule has 0 aromatic carbocycles. The first kappa shape index (κ1) is 17.4. The normalized spacial score (nSPS) is 26.9. The lowest BCUT2D eigenvalue weighted by molar-refractivity contribution is -0.126. The second-order valence-corrected chi connectivity index (χ2v) is 6.13. The molecule has 0 unspecified atom stereocenters. The van der Waals surface area contributed by atoms with E-state index in [0.29, 0.717) is 0 Å². The van der Waals surface area contributed by atoms with Gasteiger partial charge < -0.3 is 16.0 Å². The lowest BCUT2D eigenvalue weighted by Gasteiger charge is -2.39. The summed E-state index contributed by atoms with van der Waals surface area (Å²) in [5, 5.41) is 3.48. The average molecular weight is 283 g/mol. The molecule has 20 heavy (non-hydrogen) atoms. The van der Waals surface area contributed by atoms with Gasteiger partial charge in [-0.15, -0.1) is 0 Å². The number of hydrogen-bond acceptors (Lipinski definition) is 3. The number of rotatable bonds is 9. The number of nitrogens with zero attached hydrogens (tertiary/aromatic N) is 1. The maximum Gasteiger partial charge on any atom is 0.237 e. The highest BCUT2D eigenvalue weighted by atomic mass is 16.1. The van der Waals surface area contributed by atoms with Crippen LogP contribution in [0.2, 0.25) is 0 Å². The van der Waals surface area contributed by atoms with Gasteiger partial charge in [0.1, 0.15) is 0 Å². The van der Waals surface area contributed by atoms with Crippen LogP contribution >= 0.6 is 0 Å². The van der Waals surface area contributed by atoms with Crippen molar-refractivity contribution < 1.29 is 4.79 Å². The molecule has 0 aromatic rings. The van der Waals surface area contributed by atoms with Gasteiger partial charge in [0.25, 0.3) is 0 Å². The molecule has 1 fully saturated rings. The molecule has 1 rings (SSSR count). The Morgan fingerprint density at radius 3 is 2.30 bits per heavy atom. The highest BCUT2D eigenvalue weighted by Crippen LogP contribution is 2.34. The number of hydrogen-bond donors (Lipinski definition) is 2. The SMILES string of the molecule is CCCC1CCC(NCCN(CC)CC)(C(N)=O)CC1. The molecule has 0 aliphatic heterocycles. The number of nitrogens with two attached hydrogens (primary N) is 1. The molecule has 0 atom stereocenters. The molecule has 0 spiro atoms. The third-order valence-corrected chi connectivity index (χ3v) is 4.91. The molecule has 1 amide bonds. The first-order valence-corrected chi connectivity index (χ1v) is 8.35. The fourth-order valence-electron chi connectivity index (χ4n) is 3.37. The topological polar surface area (TPSA) is 58.4 Å². The van der Waals surface area contributed by atoms with Crippen LogP contribution in [0.1, 0.15) is 59.3 Å². The number of carbonyl (C=O) groups excluding carboxylic acids is 1. The molecule has 0 aromatic heterocycles. The van der Waals surface area contributed by atoms with Gasteiger partial charge >= 0.3 is 0 Å². The third kappa shape index (κ3) is 4.74. The Bertz CT molecular complexity index is 281. The van der Waals surface area contributed by atoms with Crippen molar-refractivity contribution in [3.8, 4) is 0 Å². The summed E-state index contributed by atoms with van der Waals surface area (Å²) < 4.78 is 0. The zero-order valence-corrected chi connectivity index (χ0v) is 13.6. The standard InChI is InChI=1S/C16H33N3O/c1-4-7-14-8-10-16(11-9-14,15(17)20)18-12-13-19(5-2)6-3/h14,18H,4-13H2,1-3H3,(H2,17,20). The zero-order chi connectivity index (χ0) is 15.0. The Kier molecular flexibility index (Phi) is 7.52. The largest absolute Gasteiger partial charge is 0.368 e. The number of likely N-dealkylation sites (N-methyl/N-ethyl adjacent to an activating group) is 1. The van der Waals surface area contributed by atoms with Crippen molar-refractivity contribution in [2.45, 2.75) is 64.8 Å². The Morgan fingerprint density at radius 1 is 1.25 bits per heavy atom. The molecule has 118 valence electrons. The van der Waals surface area contributed by atoms with E-state index in [1.54, 1.807) is 0 Å². The molecule has 0 heterocycles. The van der Waals surface area contributed by atoms with Gasteiger partial charge in [0.05, 0.1) is 5.54 Å². The van der Waals surface area contributed by atoms with Crippen molar-refractivity contribution in [3.63, 3.8) is 0 Å². The molecule has 0 saturated heterocycles. The van der Waals surface area contributed by atoms with Gasteiger partial charge in [-0.3, -0.25) is 4.79 Å². The zero-order valence-electron chi connectivity index (χ0n) is 13.6. The lowest BCUT2D eigenvalue weighted by atomic mass is 9.74. The van der Waals surface area contributed by atoms with Gasteiger partial charge in [0.15, 0.2) is 0 Å². The van der Waals surface area contributed by atoms with E-state index in [9.17, 15) is 4.79 Å². The maximum atomic E-state index is 11.9. The fraction of sp³-hybridized carbons (Fsp3) is 0.938. The molecule has 4 nitrogen and oxygen atoms in total. The first-order valence-electron chi connectivity index (χ1n) is 8.35. The minimum absolute atomic E-state index is 0.160. The molecular weight excluding hydrogens is 250 g/mol. The second-order valence-electron chi connectivity index (χ2n) is 6.13. The van der Waals surface area contributed by atoms with E-state index in [2.05, 4.69) is 31.0 Å². The van der Waals surface area contributed by atoms with Gasteiger partial charge in [0, 0.05) is 13.1 Å². The molecule has 4 heteroatoms. The smallest absolute Gasteiger partial charge is 0.237 e. The van der Waals surface area contributed by atoms with E-state index >= 15 is 0 Å². The molecule has 1 aliphatic carbocycles. The van der Waals surface area contributed by atoms with Crippen molar-refractivity contribution in [2.24, 2.45) is 11.7 Å². The molecule has 3 N–H and O–H groups in total. The first-order chi connectivity index (χ1) is 9.57. The van der Waals surface area contributed by atoms with E-state index in [1.165, 1.54) is 12.8 Å². The number of amides is 1. The van der Waals surface area contributed by atoms with Gasteiger partial charge in [-0.25, -0.2) is 0 Å². The van der Waals surface area contributed by atoms with Crippen molar-refractivity contribution in [2.75, 3.05) is 26.2 Å². The van der Waals surface area contributed by atoms with Crippen LogP contribution in [0, 0.1) is 5.92 Å². The summed E-state index contributed by atoms with van der Waals surface area (Å²) in [5.41, 5.74) is 5.24. The molecule has 1 aliphatic rings. The molecule has 1 saturated carbocycles. The van der Waals surface area contributed by atoms with Crippen LogP contribution in [-0.4, -0.2) is 42.5 Å². The van der Waals surface area contributed by atoms with E-state index in [1.807, 2.05) is 0 Å². The lowest BCUT2D eigenvalue weighted by Crippen LogP contribution is -2.58. The summed E-state index contributed by atoms with van der Waals surface area (Å²) in [7, 11) is 0. The van der Waals surface area contributed by atoms with Crippen LogP contribution in [0.4, 0.5) is 0 Å². The predicted molar refractivity (Wildman–Crippen MR) is 84.6 cm³/mol. The number of primary amides is 1. The number of nitrogens with one attached hydrogen (secondary N) is 1.